The van der Waals surface area contributed by atoms with Crippen LogP contribution < -0.4 is 16.4 Å². The molecule has 1 radical (unpaired) electrons. The second-order valence-electron chi connectivity index (χ2n) is 14.3. The summed E-state index contributed by atoms with van der Waals surface area (Å²) in [4.78, 5) is 14.5. The fourth-order valence-corrected chi connectivity index (χ4v) is 6.12. The first-order valence-corrected chi connectivity index (χ1v) is 21.4. The van der Waals surface area contributed by atoms with E-state index in [2.05, 4.69) is 38.2 Å². The predicted molar refractivity (Wildman–Crippen MR) is 214 cm³/mol. The van der Waals surface area contributed by atoms with Crippen molar-refractivity contribution < 1.29 is 14.3 Å². The molecule has 0 aliphatic carbocycles. The molecule has 0 heterocycles. The number of unbranched alkanes of at least 4 members (excludes halogenated alkanes) is 24. The predicted octanol–water partition coefficient (Wildman–Crippen LogP) is 11.0. The summed E-state index contributed by atoms with van der Waals surface area (Å²) in [5.74, 6) is -0.107. The molecule has 0 fully saturated rings. The first kappa shape index (κ1) is 48.0. The Hall–Kier alpha value is -1.05. The van der Waals surface area contributed by atoms with Gasteiger partial charge >= 0.3 is 5.91 Å². The van der Waals surface area contributed by atoms with Crippen molar-refractivity contribution in [3.8, 4) is 0 Å². The highest BCUT2D eigenvalue weighted by atomic mass is 16.5. The SMILES string of the molecule is CCCCCCCC/C=C\CCCCCCCCOCC[N+](CCOCCCCCCCC/C=C\CCCCCCCC)C(=O)[C@@H](N)CN. The van der Waals surface area contributed by atoms with Gasteiger partial charge in [-0.2, -0.15) is 0 Å². The van der Waals surface area contributed by atoms with Crippen LogP contribution in [0.25, 0.3) is 0 Å². The zero-order valence-electron chi connectivity index (χ0n) is 33.0. The number of allylic oxidation sites excluding steroid dienone is 4. The molecule has 49 heavy (non-hydrogen) atoms. The summed E-state index contributed by atoms with van der Waals surface area (Å²) >= 11 is 0. The first-order valence-electron chi connectivity index (χ1n) is 21.4. The maximum Gasteiger partial charge on any atom is 0.379 e. The van der Waals surface area contributed by atoms with Crippen LogP contribution in [0, 0.1) is 0 Å². The first-order chi connectivity index (χ1) is 24.2. The third-order valence-corrected chi connectivity index (χ3v) is 9.49. The van der Waals surface area contributed by atoms with Gasteiger partial charge in [0.25, 0.3) is 0 Å². The largest absolute Gasteiger partial charge is 0.379 e. The van der Waals surface area contributed by atoms with Crippen LogP contribution in [0.2, 0.25) is 0 Å². The monoisotopic (exact) mass is 692 g/mol. The number of carbonyl (C=O) groups excluding carboxylic acids is 1. The highest BCUT2D eigenvalue weighted by molar-refractivity contribution is 5.84. The zero-order chi connectivity index (χ0) is 35.7. The maximum atomic E-state index is 12.7. The fourth-order valence-electron chi connectivity index (χ4n) is 6.12. The molecule has 289 valence electrons. The van der Waals surface area contributed by atoms with E-state index in [0.29, 0.717) is 26.3 Å². The average molecular weight is 692 g/mol. The lowest BCUT2D eigenvalue weighted by atomic mass is 10.1. The third kappa shape index (κ3) is 36.5. The van der Waals surface area contributed by atoms with Crippen molar-refractivity contribution in [1.82, 2.24) is 4.90 Å². The maximum absolute atomic E-state index is 12.7. The van der Waals surface area contributed by atoms with Crippen molar-refractivity contribution in [2.24, 2.45) is 11.5 Å². The van der Waals surface area contributed by atoms with Crippen molar-refractivity contribution in [3.63, 3.8) is 0 Å². The topological polar surface area (TPSA) is 93.5 Å². The normalized spacial score (nSPS) is 12.7. The summed E-state index contributed by atoms with van der Waals surface area (Å²) in [6.45, 7) is 8.34. The van der Waals surface area contributed by atoms with Crippen molar-refractivity contribution in [2.45, 2.75) is 200 Å². The fraction of sp³-hybridized carbons (Fsp3) is 0.884. The Bertz CT molecular complexity index is 666. The Labute approximate surface area is 306 Å². The molecule has 0 aliphatic heterocycles. The smallest absolute Gasteiger partial charge is 0.375 e. The summed E-state index contributed by atoms with van der Waals surface area (Å²) < 4.78 is 11.7. The molecule has 0 aromatic heterocycles. The number of hydrogen-bond acceptors (Lipinski definition) is 5. The van der Waals surface area contributed by atoms with Crippen LogP contribution in [0.15, 0.2) is 24.3 Å². The molecule has 0 aromatic carbocycles. The molecule has 0 aromatic rings. The quantitative estimate of drug-likeness (QED) is 0.0379. The minimum Gasteiger partial charge on any atom is -0.375 e. The van der Waals surface area contributed by atoms with Gasteiger partial charge in [0.1, 0.15) is 19.3 Å². The highest BCUT2D eigenvalue weighted by Crippen LogP contribution is 2.12. The average Bonchev–Trinajstić information content (AvgIpc) is 3.11. The summed E-state index contributed by atoms with van der Waals surface area (Å²) in [6.07, 6.45) is 46.1. The Balaban J connectivity index is 3.70. The minimum atomic E-state index is -0.661. The van der Waals surface area contributed by atoms with Gasteiger partial charge in [-0.3, -0.25) is 0 Å². The van der Waals surface area contributed by atoms with Crippen LogP contribution in [0.1, 0.15) is 194 Å². The minimum absolute atomic E-state index is 0.107. The van der Waals surface area contributed by atoms with Crippen molar-refractivity contribution in [1.29, 1.82) is 0 Å². The van der Waals surface area contributed by atoms with E-state index in [9.17, 15) is 4.79 Å². The van der Waals surface area contributed by atoms with Crippen molar-refractivity contribution in [2.75, 3.05) is 46.1 Å². The van der Waals surface area contributed by atoms with E-state index in [1.165, 1.54) is 167 Å². The molecule has 1 amide bonds. The third-order valence-electron chi connectivity index (χ3n) is 9.49. The summed E-state index contributed by atoms with van der Waals surface area (Å²) in [7, 11) is 0. The number of carbonyl (C=O) groups is 1. The van der Waals surface area contributed by atoms with Crippen molar-refractivity contribution in [3.05, 3.63) is 24.3 Å². The molecule has 0 rings (SSSR count). The van der Waals surface area contributed by atoms with Crippen LogP contribution in [-0.2, 0) is 14.3 Å². The van der Waals surface area contributed by atoms with Gasteiger partial charge in [-0.05, 0) is 64.2 Å². The van der Waals surface area contributed by atoms with Crippen LogP contribution in [0.5, 0.6) is 0 Å². The van der Waals surface area contributed by atoms with Gasteiger partial charge in [-0.25, -0.2) is 4.79 Å². The molecule has 4 N–H and O–H groups in total. The molecule has 1 atom stereocenters. The van der Waals surface area contributed by atoms with Gasteiger partial charge < -0.3 is 20.9 Å². The lowest BCUT2D eigenvalue weighted by Crippen LogP contribution is -2.53. The number of nitrogens with zero attached hydrogens (tertiary/aromatic N) is 1. The van der Waals surface area contributed by atoms with Gasteiger partial charge in [0, 0.05) is 19.8 Å². The number of nitrogens with two attached hydrogens (primary N) is 2. The summed E-state index contributed by atoms with van der Waals surface area (Å²) in [5, 5.41) is 0. The van der Waals surface area contributed by atoms with E-state index < -0.39 is 6.04 Å². The van der Waals surface area contributed by atoms with E-state index in [4.69, 9.17) is 20.9 Å². The number of ether oxygens (including phenoxy) is 2. The van der Waals surface area contributed by atoms with Crippen LogP contribution in [-0.4, -0.2) is 58.0 Å². The molecule has 0 saturated carbocycles. The zero-order valence-corrected chi connectivity index (χ0v) is 33.0. The Morgan fingerprint density at radius 3 is 1.12 bits per heavy atom. The molecule has 0 saturated heterocycles. The number of amides is 1. The highest BCUT2D eigenvalue weighted by Gasteiger charge is 2.30. The molecular weight excluding hydrogens is 606 g/mol. The molecule has 0 aliphatic rings. The van der Waals surface area contributed by atoms with Crippen LogP contribution in [0.4, 0.5) is 0 Å². The van der Waals surface area contributed by atoms with E-state index in [0.717, 1.165) is 26.1 Å². The Morgan fingerprint density at radius 2 is 0.796 bits per heavy atom. The van der Waals surface area contributed by atoms with Crippen LogP contribution in [0.3, 0.4) is 0 Å². The second-order valence-corrected chi connectivity index (χ2v) is 14.3. The van der Waals surface area contributed by atoms with Gasteiger partial charge in [0.05, 0.1) is 0 Å². The van der Waals surface area contributed by atoms with Gasteiger partial charge in [-0.15, -0.1) is 0 Å². The van der Waals surface area contributed by atoms with E-state index >= 15 is 0 Å². The van der Waals surface area contributed by atoms with Gasteiger partial charge in [0.15, 0.2) is 13.1 Å². The van der Waals surface area contributed by atoms with Gasteiger partial charge in [-0.1, -0.05) is 159 Å². The van der Waals surface area contributed by atoms with E-state index in [1.54, 1.807) is 4.90 Å². The number of rotatable bonds is 40. The molecule has 6 nitrogen and oxygen atoms in total. The Morgan fingerprint density at radius 1 is 0.490 bits per heavy atom. The molecule has 0 bridgehead atoms. The second kappa shape index (κ2) is 41.4. The molecule has 6 heteroatoms. The number of hydrogen-bond donors (Lipinski definition) is 2. The Kier molecular flexibility index (Phi) is 40.5. The lowest BCUT2D eigenvalue weighted by molar-refractivity contribution is -0.127. The van der Waals surface area contributed by atoms with Gasteiger partial charge in [0.2, 0.25) is 0 Å². The summed E-state index contributed by atoms with van der Waals surface area (Å²) in [6, 6.07) is -0.661. The molecule has 0 unspecified atom stereocenters. The van der Waals surface area contributed by atoms with Crippen LogP contribution >= 0.6 is 0 Å². The molecule has 0 spiro atoms. The summed E-state index contributed by atoms with van der Waals surface area (Å²) in [5.41, 5.74) is 11.6. The lowest BCUT2D eigenvalue weighted by Gasteiger charge is -2.14. The molecular formula is C43H85N3O3+. The van der Waals surface area contributed by atoms with E-state index in [-0.39, 0.29) is 12.5 Å². The van der Waals surface area contributed by atoms with E-state index in [1.807, 2.05) is 0 Å². The standard InChI is InChI=1S/C43H85N3O3/c1-3-5-7-9-11-13-15-17-19-21-23-25-27-29-31-33-37-48-39-35-46(43(47)42(45)41-44)36-40-49-38-34-32-30-28-26-24-22-20-18-16-14-12-10-8-6-4-2/h17-20,42H,3-16,21-41,44-45H2,1-2H3/q+1/b19-17-,20-18-/t42-/m0/s1. The van der Waals surface area contributed by atoms with Crippen molar-refractivity contribution >= 4 is 5.91 Å².